The van der Waals surface area contributed by atoms with Gasteiger partial charge in [-0.05, 0) is 25.1 Å². The number of nitrogens with one attached hydrogen (secondary N) is 1. The smallest absolute Gasteiger partial charge is 0.408 e. The van der Waals surface area contributed by atoms with E-state index in [0.29, 0.717) is 16.8 Å². The summed E-state index contributed by atoms with van der Waals surface area (Å²) in [7, 11) is 1.51. The van der Waals surface area contributed by atoms with E-state index in [-0.39, 0.29) is 5.91 Å². The number of hydrogen-bond donors (Lipinski definition) is 2. The lowest BCUT2D eigenvalue weighted by Crippen LogP contribution is -2.32. The fourth-order valence-corrected chi connectivity index (χ4v) is 1.74. The Kier molecular flexibility index (Phi) is 2.63. The largest absolute Gasteiger partial charge is 0.420 e. The minimum Gasteiger partial charge on any atom is -0.408 e. The summed E-state index contributed by atoms with van der Waals surface area (Å²) in [5.41, 5.74) is 7.10. The Hall–Kier alpha value is -2.24. The molecule has 6 nitrogen and oxygen atoms in total. The summed E-state index contributed by atoms with van der Waals surface area (Å²) in [4.78, 5) is 23.2. The van der Waals surface area contributed by atoms with Gasteiger partial charge in [0.2, 0.25) is 5.91 Å². The second kappa shape index (κ2) is 3.97. The third kappa shape index (κ3) is 1.77. The van der Waals surface area contributed by atoms with Crippen molar-refractivity contribution in [2.45, 2.75) is 13.0 Å². The number of nitrogens with zero attached hydrogens (tertiary/aromatic N) is 1. The summed E-state index contributed by atoms with van der Waals surface area (Å²) >= 11 is 0. The Morgan fingerprint density at radius 3 is 2.88 bits per heavy atom. The monoisotopic (exact) mass is 235 g/mol. The van der Waals surface area contributed by atoms with Crippen molar-refractivity contribution in [3.05, 3.63) is 28.7 Å². The van der Waals surface area contributed by atoms with Crippen molar-refractivity contribution in [3.8, 4) is 0 Å². The van der Waals surface area contributed by atoms with E-state index in [4.69, 9.17) is 10.2 Å². The van der Waals surface area contributed by atoms with Crippen molar-refractivity contribution in [1.29, 1.82) is 0 Å². The number of aromatic nitrogens is 1. The maximum absolute atomic E-state index is 11.7. The first-order valence-corrected chi connectivity index (χ1v) is 5.16. The van der Waals surface area contributed by atoms with Gasteiger partial charge in [0.05, 0.1) is 5.52 Å². The molecule has 17 heavy (non-hydrogen) atoms. The SMILES string of the molecule is CNC(=O)C(C)n1c(=O)oc2ccc(N)cc21. The first-order chi connectivity index (χ1) is 8.04. The molecule has 0 saturated heterocycles. The molecule has 0 aliphatic heterocycles. The number of fused-ring (bicyclic) bond motifs is 1. The topological polar surface area (TPSA) is 90.3 Å². The van der Waals surface area contributed by atoms with Gasteiger partial charge in [-0.25, -0.2) is 4.79 Å². The number of benzene rings is 1. The zero-order valence-electron chi connectivity index (χ0n) is 9.56. The number of amides is 1. The molecule has 0 radical (unpaired) electrons. The van der Waals surface area contributed by atoms with Gasteiger partial charge in [0, 0.05) is 12.7 Å². The van der Waals surface area contributed by atoms with Crippen LogP contribution in [0.2, 0.25) is 0 Å². The molecule has 1 atom stereocenters. The Morgan fingerprint density at radius 1 is 1.53 bits per heavy atom. The summed E-state index contributed by atoms with van der Waals surface area (Å²) in [5.74, 6) is -0.834. The van der Waals surface area contributed by atoms with Gasteiger partial charge in [-0.1, -0.05) is 0 Å². The Labute approximate surface area is 97.0 Å². The van der Waals surface area contributed by atoms with Gasteiger partial charge in [-0.3, -0.25) is 9.36 Å². The standard InChI is InChI=1S/C11H13N3O3/c1-6(10(15)13-2)14-8-5-7(12)3-4-9(8)17-11(14)16/h3-6H,12H2,1-2H3,(H,13,15). The predicted molar refractivity (Wildman–Crippen MR) is 63.7 cm³/mol. The molecule has 0 bridgehead atoms. The lowest BCUT2D eigenvalue weighted by Gasteiger charge is -2.10. The van der Waals surface area contributed by atoms with Gasteiger partial charge < -0.3 is 15.5 Å². The second-order valence-corrected chi connectivity index (χ2v) is 3.76. The van der Waals surface area contributed by atoms with E-state index in [1.165, 1.54) is 11.6 Å². The molecule has 0 aliphatic carbocycles. The van der Waals surface area contributed by atoms with Crippen LogP contribution >= 0.6 is 0 Å². The van der Waals surface area contributed by atoms with Crippen molar-refractivity contribution >= 4 is 22.7 Å². The van der Waals surface area contributed by atoms with E-state index >= 15 is 0 Å². The molecule has 0 aliphatic rings. The van der Waals surface area contributed by atoms with Gasteiger partial charge in [-0.2, -0.15) is 0 Å². The average Bonchev–Trinajstić information content (AvgIpc) is 2.62. The average molecular weight is 235 g/mol. The molecule has 1 aromatic heterocycles. The van der Waals surface area contributed by atoms with Crippen molar-refractivity contribution < 1.29 is 9.21 Å². The van der Waals surface area contributed by atoms with Crippen LogP contribution in [0.1, 0.15) is 13.0 Å². The van der Waals surface area contributed by atoms with Crippen LogP contribution in [0, 0.1) is 0 Å². The number of anilines is 1. The van der Waals surface area contributed by atoms with Crippen LogP contribution < -0.4 is 16.8 Å². The van der Waals surface area contributed by atoms with Crippen molar-refractivity contribution in [1.82, 2.24) is 9.88 Å². The lowest BCUT2D eigenvalue weighted by atomic mass is 10.2. The number of nitrogen functional groups attached to an aromatic ring is 1. The van der Waals surface area contributed by atoms with Gasteiger partial charge in [0.1, 0.15) is 6.04 Å². The molecular weight excluding hydrogens is 222 g/mol. The predicted octanol–water partition coefficient (Wildman–Crippen LogP) is 0.484. The number of oxazole rings is 1. The van der Waals surface area contributed by atoms with Crippen LogP contribution in [-0.4, -0.2) is 17.5 Å². The third-order valence-corrected chi connectivity index (χ3v) is 2.65. The highest BCUT2D eigenvalue weighted by Gasteiger charge is 2.20. The summed E-state index contributed by atoms with van der Waals surface area (Å²) in [6.45, 7) is 1.62. The molecule has 0 saturated carbocycles. The van der Waals surface area contributed by atoms with Crippen LogP contribution in [-0.2, 0) is 4.79 Å². The second-order valence-electron chi connectivity index (χ2n) is 3.76. The van der Waals surface area contributed by atoms with Gasteiger partial charge in [-0.15, -0.1) is 0 Å². The van der Waals surface area contributed by atoms with Crippen LogP contribution in [0.15, 0.2) is 27.4 Å². The van der Waals surface area contributed by atoms with Crippen LogP contribution in [0.25, 0.3) is 11.1 Å². The third-order valence-electron chi connectivity index (χ3n) is 2.65. The maximum Gasteiger partial charge on any atom is 0.420 e. The van der Waals surface area contributed by atoms with Crippen molar-refractivity contribution in [2.24, 2.45) is 0 Å². The fourth-order valence-electron chi connectivity index (χ4n) is 1.74. The number of hydrogen-bond acceptors (Lipinski definition) is 4. The van der Waals surface area contributed by atoms with E-state index in [1.54, 1.807) is 25.1 Å². The van der Waals surface area contributed by atoms with Crippen molar-refractivity contribution in [2.75, 3.05) is 12.8 Å². The summed E-state index contributed by atoms with van der Waals surface area (Å²) in [6.07, 6.45) is 0. The molecule has 0 fully saturated rings. The number of rotatable bonds is 2. The number of nitrogens with two attached hydrogens (primary N) is 1. The zero-order chi connectivity index (χ0) is 12.6. The van der Waals surface area contributed by atoms with E-state index < -0.39 is 11.8 Å². The molecule has 2 rings (SSSR count). The highest BCUT2D eigenvalue weighted by molar-refractivity contribution is 5.83. The van der Waals surface area contributed by atoms with E-state index in [9.17, 15) is 9.59 Å². The molecule has 1 heterocycles. The summed E-state index contributed by atoms with van der Waals surface area (Å²) in [5, 5.41) is 2.49. The van der Waals surface area contributed by atoms with Crippen LogP contribution in [0.3, 0.4) is 0 Å². The molecule has 1 amide bonds. The Bertz CT molecular complexity index is 626. The first-order valence-electron chi connectivity index (χ1n) is 5.16. The molecule has 6 heteroatoms. The van der Waals surface area contributed by atoms with Gasteiger partial charge in [0.25, 0.3) is 0 Å². The Morgan fingerprint density at radius 2 is 2.24 bits per heavy atom. The lowest BCUT2D eigenvalue weighted by molar-refractivity contribution is -0.123. The zero-order valence-corrected chi connectivity index (χ0v) is 9.56. The highest BCUT2D eigenvalue weighted by atomic mass is 16.4. The minimum absolute atomic E-state index is 0.266. The molecule has 90 valence electrons. The number of carbonyl (C=O) groups excluding carboxylic acids is 1. The van der Waals surface area contributed by atoms with Gasteiger partial charge >= 0.3 is 5.76 Å². The number of carbonyl (C=O) groups is 1. The van der Waals surface area contributed by atoms with E-state index in [1.807, 2.05) is 0 Å². The summed E-state index contributed by atoms with van der Waals surface area (Å²) in [6, 6.07) is 4.22. The highest BCUT2D eigenvalue weighted by Crippen LogP contribution is 2.19. The first kappa shape index (κ1) is 11.3. The normalized spacial score (nSPS) is 12.6. The molecule has 1 aromatic carbocycles. The number of likely N-dealkylation sites (N-methyl/N-ethyl adjacent to an activating group) is 1. The van der Waals surface area contributed by atoms with E-state index in [2.05, 4.69) is 5.32 Å². The maximum atomic E-state index is 11.7. The quantitative estimate of drug-likeness (QED) is 0.741. The fraction of sp³-hybridized carbons (Fsp3) is 0.273. The van der Waals surface area contributed by atoms with Crippen molar-refractivity contribution in [3.63, 3.8) is 0 Å². The minimum atomic E-state index is -0.643. The van der Waals surface area contributed by atoms with Gasteiger partial charge in [0.15, 0.2) is 5.58 Å². The molecule has 1 unspecified atom stereocenters. The molecule has 3 N–H and O–H groups in total. The van der Waals surface area contributed by atoms with Crippen LogP contribution in [0.5, 0.6) is 0 Å². The summed E-state index contributed by atoms with van der Waals surface area (Å²) < 4.78 is 6.32. The van der Waals surface area contributed by atoms with Crippen LogP contribution in [0.4, 0.5) is 5.69 Å². The molecule has 2 aromatic rings. The molecular formula is C11H13N3O3. The van der Waals surface area contributed by atoms with E-state index in [0.717, 1.165) is 0 Å². The molecule has 0 spiro atoms. The Balaban J connectivity index is 2.67.